The summed E-state index contributed by atoms with van der Waals surface area (Å²) < 4.78 is -2.22. The van der Waals surface area contributed by atoms with E-state index in [2.05, 4.69) is 24.1 Å². The number of likely N-dealkylation sites (tertiary alicyclic amines) is 1. The number of hydrogen-bond acceptors (Lipinski definition) is 4. The lowest BCUT2D eigenvalue weighted by Gasteiger charge is -2.35. The molecule has 10 heteroatoms. The highest BCUT2D eigenvalue weighted by Gasteiger charge is 2.47. The molecule has 3 atom stereocenters. The summed E-state index contributed by atoms with van der Waals surface area (Å²) in [6, 6.07) is -2.04. The summed E-state index contributed by atoms with van der Waals surface area (Å²) in [6.07, 6.45) is 2.22. The van der Waals surface area contributed by atoms with Gasteiger partial charge in [0, 0.05) is 12.6 Å². The van der Waals surface area contributed by atoms with Crippen molar-refractivity contribution in [3.05, 3.63) is 0 Å². The van der Waals surface area contributed by atoms with Gasteiger partial charge in [-0.15, -0.1) is 0 Å². The third-order valence-corrected chi connectivity index (χ3v) is 5.55. The van der Waals surface area contributed by atoms with Crippen LogP contribution >= 0.6 is 34.8 Å². The lowest BCUT2D eigenvalue weighted by atomic mass is 9.85. The number of amides is 2. The zero-order chi connectivity index (χ0) is 22.6. The highest BCUT2D eigenvalue weighted by molar-refractivity contribution is 6.76. The Balaban J connectivity index is 3.15. The van der Waals surface area contributed by atoms with Crippen molar-refractivity contribution in [3.63, 3.8) is 0 Å². The van der Waals surface area contributed by atoms with Crippen LogP contribution in [0.2, 0.25) is 0 Å². The first-order valence-electron chi connectivity index (χ1n) is 9.89. The SMILES string of the molecule is CCCN(CCC)[C@@H]1C[C@@H](C(=O)O)N(C(=O)[C@@H](NC(=O)C(Cl)(Cl)Cl)C(C)(C)C)C1. The van der Waals surface area contributed by atoms with Crippen LogP contribution in [-0.4, -0.2) is 74.2 Å². The second kappa shape index (κ2) is 10.5. The number of carboxylic acids is 1. The normalized spacial score (nSPS) is 21.3. The van der Waals surface area contributed by atoms with Crippen molar-refractivity contribution in [3.8, 4) is 0 Å². The van der Waals surface area contributed by atoms with E-state index in [9.17, 15) is 19.5 Å². The quantitative estimate of drug-likeness (QED) is 0.530. The molecule has 29 heavy (non-hydrogen) atoms. The Bertz CT molecular complexity index is 598. The maximum atomic E-state index is 13.4. The smallest absolute Gasteiger partial charge is 0.326 e. The number of nitrogens with zero attached hydrogens (tertiary/aromatic N) is 2. The largest absolute Gasteiger partial charge is 0.480 e. The lowest BCUT2D eigenvalue weighted by molar-refractivity contribution is -0.150. The van der Waals surface area contributed by atoms with Gasteiger partial charge in [-0.2, -0.15) is 0 Å². The summed E-state index contributed by atoms with van der Waals surface area (Å²) in [5, 5.41) is 12.2. The molecule has 0 saturated carbocycles. The molecule has 1 heterocycles. The van der Waals surface area contributed by atoms with Crippen LogP contribution in [-0.2, 0) is 14.4 Å². The van der Waals surface area contributed by atoms with Crippen LogP contribution < -0.4 is 5.32 Å². The molecular weight excluding hydrogens is 441 g/mol. The van der Waals surface area contributed by atoms with Gasteiger partial charge in [-0.1, -0.05) is 69.4 Å². The molecule has 1 saturated heterocycles. The van der Waals surface area contributed by atoms with E-state index in [1.54, 1.807) is 20.8 Å². The third kappa shape index (κ3) is 7.16. The second-order valence-corrected chi connectivity index (χ2v) is 10.8. The van der Waals surface area contributed by atoms with Crippen LogP contribution in [0.1, 0.15) is 53.9 Å². The van der Waals surface area contributed by atoms with E-state index in [-0.39, 0.29) is 12.6 Å². The average Bonchev–Trinajstić information content (AvgIpc) is 3.02. The molecule has 2 N–H and O–H groups in total. The van der Waals surface area contributed by atoms with Gasteiger partial charge >= 0.3 is 5.97 Å². The van der Waals surface area contributed by atoms with E-state index >= 15 is 0 Å². The Morgan fingerprint density at radius 2 is 1.66 bits per heavy atom. The van der Waals surface area contributed by atoms with E-state index in [1.807, 2.05) is 0 Å². The molecule has 2 amide bonds. The Hall–Kier alpha value is -0.760. The van der Waals surface area contributed by atoms with Gasteiger partial charge in [-0.3, -0.25) is 14.5 Å². The molecule has 0 aromatic heterocycles. The number of carbonyl (C=O) groups excluding carboxylic acids is 2. The molecule has 1 aliphatic rings. The molecule has 0 bridgehead atoms. The lowest BCUT2D eigenvalue weighted by Crippen LogP contribution is -2.58. The van der Waals surface area contributed by atoms with Gasteiger partial charge in [-0.25, -0.2) is 4.79 Å². The summed E-state index contributed by atoms with van der Waals surface area (Å²) >= 11 is 16.9. The standard InChI is InChI=1S/C19H32Cl3N3O4/c1-6-8-24(9-7-2)12-10-13(16(27)28)25(11-12)15(26)14(18(3,4)5)23-17(29)19(20,21)22/h12-14H,6-11H2,1-5H3,(H,23,29)(H,27,28)/t12-,13+,14-/m1/s1. The molecule has 0 radical (unpaired) electrons. The summed E-state index contributed by atoms with van der Waals surface area (Å²) in [6.45, 7) is 11.4. The van der Waals surface area contributed by atoms with Crippen molar-refractivity contribution in [2.45, 2.75) is 75.8 Å². The molecule has 0 aromatic carbocycles. The minimum atomic E-state index is -2.22. The fourth-order valence-electron chi connectivity index (χ4n) is 3.63. The number of aliphatic carboxylic acids is 1. The van der Waals surface area contributed by atoms with Crippen LogP contribution in [0, 0.1) is 5.41 Å². The zero-order valence-electron chi connectivity index (χ0n) is 17.7. The number of hydrogen-bond donors (Lipinski definition) is 2. The van der Waals surface area contributed by atoms with Gasteiger partial charge in [0.2, 0.25) is 5.91 Å². The third-order valence-electron chi connectivity index (χ3n) is 5.03. The maximum Gasteiger partial charge on any atom is 0.326 e. The Morgan fingerprint density at radius 3 is 2.03 bits per heavy atom. The van der Waals surface area contributed by atoms with E-state index in [1.165, 1.54) is 4.90 Å². The van der Waals surface area contributed by atoms with Gasteiger partial charge in [0.05, 0.1) is 0 Å². The van der Waals surface area contributed by atoms with Crippen molar-refractivity contribution >= 4 is 52.6 Å². The Morgan fingerprint density at radius 1 is 1.14 bits per heavy atom. The first-order chi connectivity index (χ1) is 13.2. The van der Waals surface area contributed by atoms with Crippen molar-refractivity contribution in [2.24, 2.45) is 5.41 Å². The number of alkyl halides is 3. The van der Waals surface area contributed by atoms with E-state index in [0.29, 0.717) is 6.42 Å². The van der Waals surface area contributed by atoms with Crippen molar-refractivity contribution in [1.82, 2.24) is 15.1 Å². The molecule has 0 unspecified atom stereocenters. The molecule has 0 spiro atoms. The highest BCUT2D eigenvalue weighted by atomic mass is 35.6. The summed E-state index contributed by atoms with van der Waals surface area (Å²) in [4.78, 5) is 41.0. The van der Waals surface area contributed by atoms with E-state index in [4.69, 9.17) is 34.8 Å². The number of carboxylic acid groups (broad SMARTS) is 1. The van der Waals surface area contributed by atoms with Crippen LogP contribution in [0.3, 0.4) is 0 Å². The van der Waals surface area contributed by atoms with Crippen LogP contribution in [0.15, 0.2) is 0 Å². The van der Waals surface area contributed by atoms with E-state index in [0.717, 1.165) is 25.9 Å². The molecule has 0 aliphatic carbocycles. The average molecular weight is 473 g/mol. The van der Waals surface area contributed by atoms with Gasteiger partial charge < -0.3 is 15.3 Å². The van der Waals surface area contributed by atoms with Gasteiger partial charge in [0.15, 0.2) is 0 Å². The van der Waals surface area contributed by atoms with E-state index < -0.39 is 39.1 Å². The molecular formula is C19H32Cl3N3O4. The van der Waals surface area contributed by atoms with Gasteiger partial charge in [-0.05, 0) is 37.8 Å². The minimum Gasteiger partial charge on any atom is -0.480 e. The topological polar surface area (TPSA) is 90.0 Å². The fraction of sp³-hybridized carbons (Fsp3) is 0.842. The van der Waals surface area contributed by atoms with Gasteiger partial charge in [0.25, 0.3) is 9.70 Å². The van der Waals surface area contributed by atoms with Crippen molar-refractivity contribution in [1.29, 1.82) is 0 Å². The summed E-state index contributed by atoms with van der Waals surface area (Å²) in [5.41, 5.74) is -0.712. The fourth-order valence-corrected chi connectivity index (χ4v) is 3.80. The maximum absolute atomic E-state index is 13.4. The molecule has 1 aliphatic heterocycles. The monoisotopic (exact) mass is 471 g/mol. The highest BCUT2D eigenvalue weighted by Crippen LogP contribution is 2.31. The Kier molecular flexibility index (Phi) is 9.52. The minimum absolute atomic E-state index is 0.0514. The number of rotatable bonds is 8. The first-order valence-corrected chi connectivity index (χ1v) is 11.0. The predicted octanol–water partition coefficient (Wildman–Crippen LogP) is 3.06. The first kappa shape index (κ1) is 26.3. The molecule has 1 rings (SSSR count). The molecule has 7 nitrogen and oxygen atoms in total. The summed E-state index contributed by atoms with van der Waals surface area (Å²) in [7, 11) is 0. The van der Waals surface area contributed by atoms with Crippen molar-refractivity contribution < 1.29 is 19.5 Å². The zero-order valence-corrected chi connectivity index (χ0v) is 19.9. The van der Waals surface area contributed by atoms with Crippen LogP contribution in [0.5, 0.6) is 0 Å². The van der Waals surface area contributed by atoms with Crippen molar-refractivity contribution in [2.75, 3.05) is 19.6 Å². The number of halogens is 3. The molecule has 168 valence electrons. The molecule has 0 aromatic rings. The predicted molar refractivity (Wildman–Crippen MR) is 115 cm³/mol. The number of carbonyl (C=O) groups is 3. The van der Waals surface area contributed by atoms with Crippen LogP contribution in [0.4, 0.5) is 0 Å². The number of nitrogens with one attached hydrogen (secondary N) is 1. The van der Waals surface area contributed by atoms with Gasteiger partial charge in [0.1, 0.15) is 12.1 Å². The Labute approximate surface area is 188 Å². The second-order valence-electron chi connectivity index (χ2n) is 8.54. The summed E-state index contributed by atoms with van der Waals surface area (Å²) in [5.74, 6) is -2.46. The molecule has 1 fully saturated rings. The van der Waals surface area contributed by atoms with Crippen LogP contribution in [0.25, 0.3) is 0 Å².